The Morgan fingerprint density at radius 1 is 1.91 bits per heavy atom. The van der Waals surface area contributed by atoms with Crippen LogP contribution in [0.5, 0.6) is 0 Å². The van der Waals surface area contributed by atoms with Gasteiger partial charge in [0.05, 0.1) is 13.2 Å². The Morgan fingerprint density at radius 2 is 2.55 bits per heavy atom. The summed E-state index contributed by atoms with van der Waals surface area (Å²) in [6.45, 7) is 6.21. The molecule has 1 rings (SSSR count). The largest absolute Gasteiger partial charge is 0.342 e. The lowest BCUT2D eigenvalue weighted by atomic mass is 10.2. The number of nitrogens with zero attached hydrogens (tertiary/aromatic N) is 1. The molecule has 1 atom stereocenters. The van der Waals surface area contributed by atoms with Gasteiger partial charge >= 0.3 is 6.03 Å². The van der Waals surface area contributed by atoms with Gasteiger partial charge in [0.25, 0.3) is 0 Å². The maximum Gasteiger partial charge on any atom is 0.342 e. The molecule has 11 heavy (non-hydrogen) atoms. The van der Waals surface area contributed by atoms with E-state index < -0.39 is 0 Å². The molecule has 0 aromatic carbocycles. The molecule has 0 aliphatic carbocycles. The molecule has 0 bridgehead atoms. The van der Waals surface area contributed by atoms with Crippen LogP contribution in [0.2, 0.25) is 0 Å². The molecule has 1 saturated heterocycles. The Bertz CT molecular complexity index is 191. The van der Waals surface area contributed by atoms with E-state index in [0.717, 1.165) is 5.57 Å². The predicted octanol–water partition coefficient (Wildman–Crippen LogP) is 0.518. The van der Waals surface area contributed by atoms with Crippen LogP contribution in [-0.2, 0) is 4.84 Å². The molecule has 1 aliphatic heterocycles. The third-order valence-corrected chi connectivity index (χ3v) is 1.70. The molecular formula is C7H12N2O2. The van der Waals surface area contributed by atoms with Crippen molar-refractivity contribution in [3.05, 3.63) is 12.2 Å². The maximum atomic E-state index is 11.0. The normalized spacial score (nSPS) is 23.6. The average molecular weight is 156 g/mol. The fourth-order valence-corrected chi connectivity index (χ4v) is 1.07. The number of rotatable bonds is 2. The summed E-state index contributed by atoms with van der Waals surface area (Å²) in [5, 5.41) is 3.95. The summed E-state index contributed by atoms with van der Waals surface area (Å²) in [6.07, 6.45) is 0. The lowest BCUT2D eigenvalue weighted by Crippen LogP contribution is -2.33. The van der Waals surface area contributed by atoms with Crippen LogP contribution >= 0.6 is 0 Å². The number of hydrogen-bond acceptors (Lipinski definition) is 2. The van der Waals surface area contributed by atoms with E-state index in [1.807, 2.05) is 6.92 Å². The van der Waals surface area contributed by atoms with Crippen molar-refractivity contribution >= 4 is 6.03 Å². The Labute approximate surface area is 65.8 Å². The minimum absolute atomic E-state index is 0.0208. The van der Waals surface area contributed by atoms with Crippen molar-refractivity contribution in [2.75, 3.05) is 13.7 Å². The minimum atomic E-state index is -0.194. The number of amides is 2. The zero-order chi connectivity index (χ0) is 8.43. The molecule has 2 amide bonds. The SMILES string of the molecule is C=C(C)C1CNC(=O)N1OC. The van der Waals surface area contributed by atoms with Crippen molar-refractivity contribution in [3.8, 4) is 0 Å². The topological polar surface area (TPSA) is 41.6 Å². The standard InChI is InChI=1S/C7H12N2O2/c1-5(2)6-4-8-7(10)9(6)11-3/h6H,1,4H2,2-3H3,(H,8,10). The van der Waals surface area contributed by atoms with E-state index in [9.17, 15) is 4.79 Å². The van der Waals surface area contributed by atoms with E-state index in [-0.39, 0.29) is 12.1 Å². The van der Waals surface area contributed by atoms with Crippen LogP contribution in [0.3, 0.4) is 0 Å². The molecule has 1 heterocycles. The summed E-state index contributed by atoms with van der Waals surface area (Å²) in [5.41, 5.74) is 0.921. The lowest BCUT2D eigenvalue weighted by Gasteiger charge is -2.19. The Morgan fingerprint density at radius 3 is 2.91 bits per heavy atom. The maximum absolute atomic E-state index is 11.0. The van der Waals surface area contributed by atoms with Gasteiger partial charge in [-0.2, -0.15) is 5.06 Å². The van der Waals surface area contributed by atoms with Crippen molar-refractivity contribution in [2.24, 2.45) is 0 Å². The molecule has 62 valence electrons. The molecular weight excluding hydrogens is 144 g/mol. The number of carbonyl (C=O) groups is 1. The summed E-state index contributed by atoms with van der Waals surface area (Å²) >= 11 is 0. The van der Waals surface area contributed by atoms with Crippen molar-refractivity contribution in [2.45, 2.75) is 13.0 Å². The van der Waals surface area contributed by atoms with Crippen molar-refractivity contribution in [3.63, 3.8) is 0 Å². The van der Waals surface area contributed by atoms with Crippen LogP contribution in [0.15, 0.2) is 12.2 Å². The molecule has 0 saturated carbocycles. The van der Waals surface area contributed by atoms with E-state index in [0.29, 0.717) is 6.54 Å². The zero-order valence-corrected chi connectivity index (χ0v) is 6.76. The monoisotopic (exact) mass is 156 g/mol. The van der Waals surface area contributed by atoms with E-state index in [4.69, 9.17) is 4.84 Å². The lowest BCUT2D eigenvalue weighted by molar-refractivity contribution is -0.0902. The van der Waals surface area contributed by atoms with Gasteiger partial charge in [-0.3, -0.25) is 4.84 Å². The Kier molecular flexibility index (Phi) is 2.14. The Balaban J connectivity index is 2.68. The molecule has 4 nitrogen and oxygen atoms in total. The van der Waals surface area contributed by atoms with E-state index >= 15 is 0 Å². The van der Waals surface area contributed by atoms with Crippen LogP contribution in [0.4, 0.5) is 4.79 Å². The van der Waals surface area contributed by atoms with Crippen molar-refractivity contribution in [1.82, 2.24) is 10.4 Å². The quantitative estimate of drug-likeness (QED) is 0.592. The van der Waals surface area contributed by atoms with Gasteiger partial charge in [0.15, 0.2) is 0 Å². The van der Waals surface area contributed by atoms with Gasteiger partial charge in [-0.05, 0) is 6.92 Å². The van der Waals surface area contributed by atoms with E-state index in [1.54, 1.807) is 0 Å². The molecule has 1 aliphatic rings. The molecule has 4 heteroatoms. The van der Waals surface area contributed by atoms with Crippen molar-refractivity contribution < 1.29 is 9.63 Å². The van der Waals surface area contributed by atoms with Gasteiger partial charge in [0, 0.05) is 6.54 Å². The first-order valence-corrected chi connectivity index (χ1v) is 3.43. The van der Waals surface area contributed by atoms with Gasteiger partial charge < -0.3 is 5.32 Å². The first kappa shape index (κ1) is 8.07. The molecule has 1 unspecified atom stereocenters. The van der Waals surface area contributed by atoms with Gasteiger partial charge in [-0.15, -0.1) is 0 Å². The molecule has 1 N–H and O–H groups in total. The second-order valence-corrected chi connectivity index (χ2v) is 2.56. The fraction of sp³-hybridized carbons (Fsp3) is 0.571. The van der Waals surface area contributed by atoms with E-state index in [1.165, 1.54) is 12.2 Å². The Hall–Kier alpha value is -1.03. The van der Waals surface area contributed by atoms with Crippen LogP contribution in [0, 0.1) is 0 Å². The molecule has 0 aromatic heterocycles. The second kappa shape index (κ2) is 2.92. The van der Waals surface area contributed by atoms with Gasteiger partial charge in [0.1, 0.15) is 0 Å². The zero-order valence-electron chi connectivity index (χ0n) is 6.76. The van der Waals surface area contributed by atoms with Gasteiger partial charge in [0.2, 0.25) is 0 Å². The number of nitrogens with one attached hydrogen (secondary N) is 1. The van der Waals surface area contributed by atoms with Crippen LogP contribution in [0.1, 0.15) is 6.92 Å². The highest BCUT2D eigenvalue weighted by Gasteiger charge is 2.31. The highest BCUT2D eigenvalue weighted by molar-refractivity contribution is 5.76. The van der Waals surface area contributed by atoms with Crippen LogP contribution in [-0.4, -0.2) is 30.8 Å². The first-order chi connectivity index (χ1) is 5.16. The molecule has 0 radical (unpaired) electrons. The summed E-state index contributed by atoms with van der Waals surface area (Å²) in [6, 6.07) is -0.215. The molecule has 0 aromatic rings. The van der Waals surface area contributed by atoms with Crippen LogP contribution in [0.25, 0.3) is 0 Å². The average Bonchev–Trinajstić information content (AvgIpc) is 2.30. The van der Waals surface area contributed by atoms with Crippen LogP contribution < -0.4 is 5.32 Å². The molecule has 0 spiro atoms. The second-order valence-electron chi connectivity index (χ2n) is 2.56. The first-order valence-electron chi connectivity index (χ1n) is 3.43. The third-order valence-electron chi connectivity index (χ3n) is 1.70. The number of hydroxylamine groups is 2. The fourth-order valence-electron chi connectivity index (χ4n) is 1.07. The number of carbonyl (C=O) groups excluding carboxylic acids is 1. The highest BCUT2D eigenvalue weighted by atomic mass is 16.7. The molecule has 1 fully saturated rings. The highest BCUT2D eigenvalue weighted by Crippen LogP contribution is 2.12. The van der Waals surface area contributed by atoms with Gasteiger partial charge in [-0.1, -0.05) is 12.2 Å². The predicted molar refractivity (Wildman–Crippen MR) is 40.8 cm³/mol. The smallest absolute Gasteiger partial charge is 0.334 e. The summed E-state index contributed by atoms with van der Waals surface area (Å²) in [4.78, 5) is 15.8. The summed E-state index contributed by atoms with van der Waals surface area (Å²) in [5.74, 6) is 0. The van der Waals surface area contributed by atoms with E-state index in [2.05, 4.69) is 11.9 Å². The third kappa shape index (κ3) is 1.35. The summed E-state index contributed by atoms with van der Waals surface area (Å²) < 4.78 is 0. The van der Waals surface area contributed by atoms with Gasteiger partial charge in [-0.25, -0.2) is 4.79 Å². The number of hydrogen-bond donors (Lipinski definition) is 1. The van der Waals surface area contributed by atoms with Crippen molar-refractivity contribution in [1.29, 1.82) is 0 Å². The number of urea groups is 1. The summed E-state index contributed by atoms with van der Waals surface area (Å²) in [7, 11) is 1.47. The minimum Gasteiger partial charge on any atom is -0.334 e.